The number of carbonyl (C=O) groups excluding carboxylic acids is 3. The molecule has 0 unspecified atom stereocenters. The molecule has 0 spiro atoms. The molecule has 3 rings (SSSR count). The second kappa shape index (κ2) is 9.39. The zero-order valence-corrected chi connectivity index (χ0v) is 18.8. The van der Waals surface area contributed by atoms with Crippen molar-refractivity contribution in [3.8, 4) is 5.75 Å². The van der Waals surface area contributed by atoms with E-state index in [1.807, 2.05) is 31.2 Å². The maximum Gasteiger partial charge on any atom is 0.338 e. The van der Waals surface area contributed by atoms with Crippen molar-refractivity contribution in [3.05, 3.63) is 70.1 Å². The Bertz CT molecular complexity index is 1000. The van der Waals surface area contributed by atoms with Crippen molar-refractivity contribution in [1.82, 2.24) is 4.90 Å². The zero-order valence-electron chi connectivity index (χ0n) is 18.0. The van der Waals surface area contributed by atoms with Gasteiger partial charge in [0.15, 0.2) is 0 Å². The first-order chi connectivity index (χ1) is 14.7. The summed E-state index contributed by atoms with van der Waals surface area (Å²) in [6, 6.07) is 14.0. The summed E-state index contributed by atoms with van der Waals surface area (Å²) in [7, 11) is 0. The highest BCUT2D eigenvalue weighted by Crippen LogP contribution is 2.33. The molecule has 2 aromatic carbocycles. The van der Waals surface area contributed by atoms with Gasteiger partial charge >= 0.3 is 5.97 Å². The lowest BCUT2D eigenvalue weighted by atomic mass is 10.1. The average Bonchev–Trinajstić information content (AvgIpc) is 2.96. The van der Waals surface area contributed by atoms with Crippen molar-refractivity contribution >= 4 is 35.0 Å². The Morgan fingerprint density at radius 2 is 1.68 bits per heavy atom. The standard InChI is InChI=1S/C24H25NO5S/c1-5-29-19-12-8-16(9-13-19)14-20-21(26)25(23(28)31-20)15-17-6-10-18(11-7-17)22(27)30-24(2,3)4/h6-14H,5,15H2,1-4H3. The summed E-state index contributed by atoms with van der Waals surface area (Å²) in [4.78, 5) is 38.8. The van der Waals surface area contributed by atoms with E-state index >= 15 is 0 Å². The molecule has 7 heteroatoms. The van der Waals surface area contributed by atoms with Gasteiger partial charge in [0.2, 0.25) is 0 Å². The molecule has 0 aliphatic carbocycles. The number of esters is 1. The van der Waals surface area contributed by atoms with E-state index in [9.17, 15) is 14.4 Å². The van der Waals surface area contributed by atoms with Gasteiger partial charge in [-0.2, -0.15) is 0 Å². The largest absolute Gasteiger partial charge is 0.494 e. The number of thioether (sulfide) groups is 1. The Kier molecular flexibility index (Phi) is 6.85. The van der Waals surface area contributed by atoms with Crippen LogP contribution in [0.15, 0.2) is 53.4 Å². The molecule has 0 saturated carbocycles. The lowest BCUT2D eigenvalue weighted by Crippen LogP contribution is -2.27. The summed E-state index contributed by atoms with van der Waals surface area (Å²) >= 11 is 0.918. The van der Waals surface area contributed by atoms with Gasteiger partial charge in [0.05, 0.1) is 23.6 Å². The van der Waals surface area contributed by atoms with Crippen molar-refractivity contribution in [2.75, 3.05) is 6.61 Å². The van der Waals surface area contributed by atoms with Gasteiger partial charge in [0.1, 0.15) is 11.4 Å². The molecule has 6 nitrogen and oxygen atoms in total. The fourth-order valence-electron chi connectivity index (χ4n) is 2.88. The maximum absolute atomic E-state index is 12.7. The highest BCUT2D eigenvalue weighted by Gasteiger charge is 2.35. The number of hydrogen-bond donors (Lipinski definition) is 0. The quantitative estimate of drug-likeness (QED) is 0.451. The smallest absolute Gasteiger partial charge is 0.338 e. The van der Waals surface area contributed by atoms with E-state index in [4.69, 9.17) is 9.47 Å². The predicted molar refractivity (Wildman–Crippen MR) is 121 cm³/mol. The summed E-state index contributed by atoms with van der Waals surface area (Å²) in [5.74, 6) is 0.00573. The molecule has 1 heterocycles. The topological polar surface area (TPSA) is 72.9 Å². The minimum Gasteiger partial charge on any atom is -0.494 e. The summed E-state index contributed by atoms with van der Waals surface area (Å²) in [6.07, 6.45) is 1.70. The number of hydrogen-bond acceptors (Lipinski definition) is 6. The Balaban J connectivity index is 1.68. The highest BCUT2D eigenvalue weighted by atomic mass is 32.2. The van der Waals surface area contributed by atoms with Crippen LogP contribution in [0.2, 0.25) is 0 Å². The average molecular weight is 440 g/mol. The van der Waals surface area contributed by atoms with Gasteiger partial charge < -0.3 is 9.47 Å². The number of rotatable bonds is 6. The fourth-order valence-corrected chi connectivity index (χ4v) is 3.72. The number of nitrogens with zero attached hydrogens (tertiary/aromatic N) is 1. The van der Waals surface area contributed by atoms with Crippen LogP contribution in [0.1, 0.15) is 49.2 Å². The normalized spacial score (nSPS) is 15.5. The molecule has 1 aliphatic rings. The van der Waals surface area contributed by atoms with E-state index in [1.165, 1.54) is 4.90 Å². The summed E-state index contributed by atoms with van der Waals surface area (Å²) in [5, 5.41) is -0.321. The van der Waals surface area contributed by atoms with Crippen molar-refractivity contribution in [3.63, 3.8) is 0 Å². The van der Waals surface area contributed by atoms with Crippen LogP contribution in [0.25, 0.3) is 6.08 Å². The van der Waals surface area contributed by atoms with Gasteiger partial charge in [0.25, 0.3) is 11.1 Å². The molecule has 1 aliphatic heterocycles. The van der Waals surface area contributed by atoms with Crippen LogP contribution in [0.3, 0.4) is 0 Å². The summed E-state index contributed by atoms with van der Waals surface area (Å²) in [5.41, 5.74) is 1.41. The molecule has 0 N–H and O–H groups in total. The molecule has 0 atom stereocenters. The second-order valence-corrected chi connectivity index (χ2v) is 8.96. The van der Waals surface area contributed by atoms with Crippen molar-refractivity contribution in [2.45, 2.75) is 39.8 Å². The van der Waals surface area contributed by atoms with Crippen molar-refractivity contribution in [2.24, 2.45) is 0 Å². The Labute approximate surface area is 186 Å². The summed E-state index contributed by atoms with van der Waals surface area (Å²) < 4.78 is 10.8. The van der Waals surface area contributed by atoms with E-state index < -0.39 is 11.6 Å². The lowest BCUT2D eigenvalue weighted by Gasteiger charge is -2.19. The van der Waals surface area contributed by atoms with Gasteiger partial charge in [-0.3, -0.25) is 14.5 Å². The number of ether oxygens (including phenoxy) is 2. The SMILES string of the molecule is CCOc1ccc(C=C2SC(=O)N(Cc3ccc(C(=O)OC(C)(C)C)cc3)C2=O)cc1. The van der Waals surface area contributed by atoms with E-state index in [1.54, 1.807) is 51.1 Å². The number of amides is 2. The third kappa shape index (κ3) is 5.98. The fraction of sp³-hybridized carbons (Fsp3) is 0.292. The molecule has 0 bridgehead atoms. The van der Waals surface area contributed by atoms with E-state index in [0.29, 0.717) is 17.1 Å². The third-order valence-electron chi connectivity index (χ3n) is 4.29. The first-order valence-corrected chi connectivity index (χ1v) is 10.8. The second-order valence-electron chi connectivity index (χ2n) is 7.97. The van der Waals surface area contributed by atoms with Crippen molar-refractivity contribution in [1.29, 1.82) is 0 Å². The van der Waals surface area contributed by atoms with Gasteiger partial charge in [-0.25, -0.2) is 4.79 Å². The van der Waals surface area contributed by atoms with Gasteiger partial charge in [0, 0.05) is 0 Å². The van der Waals surface area contributed by atoms with E-state index in [2.05, 4.69) is 0 Å². The summed E-state index contributed by atoms with van der Waals surface area (Å²) in [6.45, 7) is 8.05. The molecule has 0 radical (unpaired) electrons. The molecule has 1 fully saturated rings. The molecule has 2 amide bonds. The van der Waals surface area contributed by atoms with E-state index in [0.717, 1.165) is 28.6 Å². The van der Waals surface area contributed by atoms with Crippen LogP contribution in [-0.2, 0) is 16.1 Å². The molecule has 2 aromatic rings. The van der Waals surface area contributed by atoms with Crippen LogP contribution in [0.5, 0.6) is 5.75 Å². The molecule has 1 saturated heterocycles. The maximum atomic E-state index is 12.7. The predicted octanol–water partition coefficient (Wildman–Crippen LogP) is 5.28. The minimum atomic E-state index is -0.576. The molecular weight excluding hydrogens is 414 g/mol. The Morgan fingerprint density at radius 1 is 1.03 bits per heavy atom. The lowest BCUT2D eigenvalue weighted by molar-refractivity contribution is -0.123. The third-order valence-corrected chi connectivity index (χ3v) is 5.20. The van der Waals surface area contributed by atoms with Crippen molar-refractivity contribution < 1.29 is 23.9 Å². The minimum absolute atomic E-state index is 0.139. The van der Waals surface area contributed by atoms with Crippen LogP contribution in [-0.4, -0.2) is 34.2 Å². The highest BCUT2D eigenvalue weighted by molar-refractivity contribution is 8.18. The van der Waals surface area contributed by atoms with Crippen LogP contribution >= 0.6 is 11.8 Å². The number of carbonyl (C=O) groups is 3. The molecule has 162 valence electrons. The first-order valence-electron chi connectivity index (χ1n) is 9.97. The number of benzene rings is 2. The van der Waals surface area contributed by atoms with Crippen LogP contribution in [0, 0.1) is 0 Å². The number of imide groups is 1. The van der Waals surface area contributed by atoms with Gasteiger partial charge in [-0.05, 0) is 80.9 Å². The molecule has 31 heavy (non-hydrogen) atoms. The van der Waals surface area contributed by atoms with E-state index in [-0.39, 0.29) is 17.7 Å². The zero-order chi connectivity index (χ0) is 22.6. The molecule has 0 aromatic heterocycles. The van der Waals surface area contributed by atoms with Crippen LogP contribution in [0.4, 0.5) is 4.79 Å². The first kappa shape index (κ1) is 22.6. The monoisotopic (exact) mass is 439 g/mol. The Hall–Kier alpha value is -3.06. The van der Waals surface area contributed by atoms with Gasteiger partial charge in [-0.15, -0.1) is 0 Å². The van der Waals surface area contributed by atoms with Crippen LogP contribution < -0.4 is 4.74 Å². The van der Waals surface area contributed by atoms with Gasteiger partial charge in [-0.1, -0.05) is 24.3 Å². The molecular formula is C24H25NO5S. The Morgan fingerprint density at radius 3 is 2.26 bits per heavy atom.